The SMILES string of the molecule is Cc1cn(-c2ccnc(Nc3cc(C)c(Oc4ccccc4)c(C)c3)n2)cc1CN1CCCC1. The van der Waals surface area contributed by atoms with Gasteiger partial charge in [0, 0.05) is 30.8 Å². The monoisotopic (exact) mass is 453 g/mol. The number of benzene rings is 2. The molecular weight excluding hydrogens is 422 g/mol. The first-order valence-electron chi connectivity index (χ1n) is 11.9. The fraction of sp³-hybridized carbons (Fsp3) is 0.286. The number of likely N-dealkylation sites (tertiary alicyclic amines) is 1. The maximum atomic E-state index is 6.12. The van der Waals surface area contributed by atoms with E-state index < -0.39 is 0 Å². The molecule has 6 heteroatoms. The lowest BCUT2D eigenvalue weighted by atomic mass is 10.1. The van der Waals surface area contributed by atoms with E-state index in [9.17, 15) is 0 Å². The number of rotatable bonds is 7. The number of ether oxygens (including phenoxy) is 1. The molecule has 0 unspecified atom stereocenters. The molecular formula is C28H31N5O. The van der Waals surface area contributed by atoms with Crippen molar-refractivity contribution in [2.75, 3.05) is 18.4 Å². The Hall–Kier alpha value is -3.64. The topological polar surface area (TPSA) is 55.2 Å². The van der Waals surface area contributed by atoms with Gasteiger partial charge < -0.3 is 14.6 Å². The second kappa shape index (κ2) is 9.69. The van der Waals surface area contributed by atoms with Crippen LogP contribution in [0.2, 0.25) is 0 Å². The van der Waals surface area contributed by atoms with Crippen LogP contribution in [0.25, 0.3) is 5.82 Å². The van der Waals surface area contributed by atoms with E-state index in [0.717, 1.165) is 40.7 Å². The molecule has 0 amide bonds. The third-order valence-electron chi connectivity index (χ3n) is 6.31. The first-order valence-corrected chi connectivity index (χ1v) is 11.9. The Kier molecular flexibility index (Phi) is 6.32. The Bertz CT molecular complexity index is 1250. The Morgan fingerprint density at radius 1 is 0.912 bits per heavy atom. The van der Waals surface area contributed by atoms with Gasteiger partial charge in [0.25, 0.3) is 0 Å². The molecule has 0 spiro atoms. The van der Waals surface area contributed by atoms with Gasteiger partial charge in [-0.2, -0.15) is 4.98 Å². The van der Waals surface area contributed by atoms with Crippen LogP contribution in [0.3, 0.4) is 0 Å². The molecule has 0 atom stereocenters. The Balaban J connectivity index is 1.33. The Morgan fingerprint density at radius 2 is 1.65 bits per heavy atom. The van der Waals surface area contributed by atoms with Crippen molar-refractivity contribution in [1.29, 1.82) is 0 Å². The molecule has 2 aromatic heterocycles. The summed E-state index contributed by atoms with van der Waals surface area (Å²) in [6, 6.07) is 15.9. The third-order valence-corrected chi connectivity index (χ3v) is 6.31. The van der Waals surface area contributed by atoms with Crippen LogP contribution in [0.5, 0.6) is 11.5 Å². The Morgan fingerprint density at radius 3 is 2.38 bits per heavy atom. The quantitative estimate of drug-likeness (QED) is 0.355. The van der Waals surface area contributed by atoms with Gasteiger partial charge in [-0.3, -0.25) is 4.90 Å². The van der Waals surface area contributed by atoms with Crippen molar-refractivity contribution < 1.29 is 4.74 Å². The number of nitrogens with one attached hydrogen (secondary N) is 1. The highest BCUT2D eigenvalue weighted by Gasteiger charge is 2.15. The first kappa shape index (κ1) is 22.2. The minimum absolute atomic E-state index is 0.570. The van der Waals surface area contributed by atoms with E-state index in [1.807, 2.05) is 36.4 Å². The van der Waals surface area contributed by atoms with Gasteiger partial charge in [0.05, 0.1) is 0 Å². The summed E-state index contributed by atoms with van der Waals surface area (Å²) >= 11 is 0. The van der Waals surface area contributed by atoms with E-state index in [2.05, 4.69) is 65.1 Å². The van der Waals surface area contributed by atoms with Crippen LogP contribution in [-0.4, -0.2) is 32.5 Å². The van der Waals surface area contributed by atoms with E-state index >= 15 is 0 Å². The number of hydrogen-bond acceptors (Lipinski definition) is 5. The molecule has 1 aliphatic rings. The first-order chi connectivity index (χ1) is 16.5. The molecule has 1 saturated heterocycles. The second-order valence-corrected chi connectivity index (χ2v) is 9.07. The fourth-order valence-corrected chi connectivity index (χ4v) is 4.55. The normalized spacial score (nSPS) is 13.9. The molecule has 1 aliphatic heterocycles. The molecule has 1 fully saturated rings. The van der Waals surface area contributed by atoms with Crippen LogP contribution in [0.4, 0.5) is 11.6 Å². The lowest BCUT2D eigenvalue weighted by Crippen LogP contribution is -2.18. The minimum Gasteiger partial charge on any atom is -0.457 e. The molecule has 6 nitrogen and oxygen atoms in total. The van der Waals surface area contributed by atoms with Gasteiger partial charge in [0.1, 0.15) is 17.3 Å². The number of aromatic nitrogens is 3. The fourth-order valence-electron chi connectivity index (χ4n) is 4.55. The van der Waals surface area contributed by atoms with E-state index in [-0.39, 0.29) is 0 Å². The average Bonchev–Trinajstić information content (AvgIpc) is 3.47. The van der Waals surface area contributed by atoms with E-state index in [1.165, 1.54) is 37.1 Å². The highest BCUT2D eigenvalue weighted by Crippen LogP contribution is 2.32. The number of nitrogens with zero attached hydrogens (tertiary/aromatic N) is 4. The van der Waals surface area contributed by atoms with Crippen LogP contribution in [-0.2, 0) is 6.54 Å². The summed E-state index contributed by atoms with van der Waals surface area (Å²) in [5.74, 6) is 3.13. The summed E-state index contributed by atoms with van der Waals surface area (Å²) in [5, 5.41) is 3.37. The third kappa shape index (κ3) is 4.97. The summed E-state index contributed by atoms with van der Waals surface area (Å²) in [4.78, 5) is 11.7. The number of aryl methyl sites for hydroxylation is 3. The maximum Gasteiger partial charge on any atom is 0.229 e. The van der Waals surface area contributed by atoms with Crippen LogP contribution in [0.1, 0.15) is 35.1 Å². The molecule has 174 valence electrons. The van der Waals surface area contributed by atoms with Crippen LogP contribution < -0.4 is 10.1 Å². The van der Waals surface area contributed by atoms with Crippen molar-refractivity contribution in [3.05, 3.63) is 89.4 Å². The summed E-state index contributed by atoms with van der Waals surface area (Å²) in [5.41, 5.74) is 5.69. The number of anilines is 2. The van der Waals surface area contributed by atoms with Crippen molar-refractivity contribution in [3.63, 3.8) is 0 Å². The van der Waals surface area contributed by atoms with Crippen LogP contribution >= 0.6 is 0 Å². The van der Waals surface area contributed by atoms with Crippen LogP contribution in [0.15, 0.2) is 67.1 Å². The van der Waals surface area contributed by atoms with E-state index in [0.29, 0.717) is 5.95 Å². The van der Waals surface area contributed by atoms with Crippen molar-refractivity contribution in [1.82, 2.24) is 19.4 Å². The Labute approximate surface area is 201 Å². The highest BCUT2D eigenvalue weighted by molar-refractivity contribution is 5.61. The molecule has 34 heavy (non-hydrogen) atoms. The predicted octanol–water partition coefficient (Wildman–Crippen LogP) is 6.32. The molecule has 0 saturated carbocycles. The highest BCUT2D eigenvalue weighted by atomic mass is 16.5. The zero-order valence-corrected chi connectivity index (χ0v) is 20.1. The lowest BCUT2D eigenvalue weighted by Gasteiger charge is -2.15. The molecule has 5 rings (SSSR count). The summed E-state index contributed by atoms with van der Waals surface area (Å²) < 4.78 is 8.22. The maximum absolute atomic E-state index is 6.12. The molecule has 0 aliphatic carbocycles. The minimum atomic E-state index is 0.570. The largest absolute Gasteiger partial charge is 0.457 e. The average molecular weight is 454 g/mol. The molecule has 4 aromatic rings. The van der Waals surface area contributed by atoms with Crippen molar-refractivity contribution in [2.24, 2.45) is 0 Å². The van der Waals surface area contributed by atoms with Gasteiger partial charge in [0.15, 0.2) is 0 Å². The van der Waals surface area contributed by atoms with Crippen LogP contribution in [0, 0.1) is 20.8 Å². The standard InChI is InChI=1S/C28H31N5O/c1-20-15-24(16-21(2)27(20)34-25-9-5-4-6-10-25)30-28-29-12-11-26(31-28)33-17-22(3)23(19-33)18-32-13-7-8-14-32/h4-6,9-12,15-17,19H,7-8,13-14,18H2,1-3H3,(H,29,30,31). The molecule has 1 N–H and O–H groups in total. The molecule has 0 bridgehead atoms. The van der Waals surface area contributed by atoms with Crippen molar-refractivity contribution in [2.45, 2.75) is 40.2 Å². The predicted molar refractivity (Wildman–Crippen MR) is 136 cm³/mol. The summed E-state index contributed by atoms with van der Waals surface area (Å²) in [6.45, 7) is 9.68. The molecule has 3 heterocycles. The molecule has 2 aromatic carbocycles. The zero-order valence-electron chi connectivity index (χ0n) is 20.1. The van der Waals surface area contributed by atoms with Gasteiger partial charge in [-0.15, -0.1) is 0 Å². The van der Waals surface area contributed by atoms with Gasteiger partial charge in [-0.05, 0) is 99.3 Å². The number of hydrogen-bond donors (Lipinski definition) is 1. The smallest absolute Gasteiger partial charge is 0.229 e. The summed E-state index contributed by atoms with van der Waals surface area (Å²) in [6.07, 6.45) is 8.76. The zero-order chi connectivity index (χ0) is 23.5. The molecule has 0 radical (unpaired) electrons. The van der Waals surface area contributed by atoms with E-state index in [1.54, 1.807) is 6.20 Å². The van der Waals surface area contributed by atoms with Gasteiger partial charge in [0.2, 0.25) is 5.95 Å². The van der Waals surface area contributed by atoms with Gasteiger partial charge in [-0.25, -0.2) is 4.98 Å². The van der Waals surface area contributed by atoms with Gasteiger partial charge in [-0.1, -0.05) is 18.2 Å². The van der Waals surface area contributed by atoms with Crippen molar-refractivity contribution in [3.8, 4) is 17.3 Å². The second-order valence-electron chi connectivity index (χ2n) is 9.07. The lowest BCUT2D eigenvalue weighted by molar-refractivity contribution is 0.331. The van der Waals surface area contributed by atoms with Crippen molar-refractivity contribution >= 4 is 11.6 Å². The van der Waals surface area contributed by atoms with E-state index in [4.69, 9.17) is 9.72 Å². The van der Waals surface area contributed by atoms with Gasteiger partial charge >= 0.3 is 0 Å². The summed E-state index contributed by atoms with van der Waals surface area (Å²) in [7, 11) is 0. The number of para-hydroxylation sites is 1.